The molecular formula is C38H44N2O4. The number of amides is 2. The van der Waals surface area contributed by atoms with Gasteiger partial charge in [-0.3, -0.25) is 9.59 Å². The number of unbranched alkanes of at least 4 members (excludes halogenated alkanes) is 1. The van der Waals surface area contributed by atoms with E-state index in [1.165, 1.54) is 0 Å². The van der Waals surface area contributed by atoms with E-state index in [0.717, 1.165) is 41.5 Å². The van der Waals surface area contributed by atoms with Crippen molar-refractivity contribution < 1.29 is 19.1 Å². The second kappa shape index (κ2) is 16.3. The topological polar surface area (TPSA) is 59.1 Å². The molecule has 0 aliphatic heterocycles. The van der Waals surface area contributed by atoms with Crippen molar-refractivity contribution in [2.45, 2.75) is 46.1 Å². The Hall–Kier alpha value is -4.58. The lowest BCUT2D eigenvalue weighted by molar-refractivity contribution is 0.0737. The van der Waals surface area contributed by atoms with Crippen LogP contribution in [0.25, 0.3) is 11.1 Å². The van der Waals surface area contributed by atoms with Crippen LogP contribution in [0.2, 0.25) is 0 Å². The molecule has 44 heavy (non-hydrogen) atoms. The summed E-state index contributed by atoms with van der Waals surface area (Å²) in [5.74, 6) is 1.27. The number of nitrogens with zero attached hydrogens (tertiary/aromatic N) is 2. The molecule has 0 saturated carbocycles. The molecule has 0 unspecified atom stereocenters. The lowest BCUT2D eigenvalue weighted by atomic mass is 9.93. The van der Waals surface area contributed by atoms with Gasteiger partial charge >= 0.3 is 0 Å². The van der Waals surface area contributed by atoms with E-state index in [2.05, 4.69) is 26.0 Å². The Morgan fingerprint density at radius 2 is 1.23 bits per heavy atom. The van der Waals surface area contributed by atoms with Gasteiger partial charge in [0, 0.05) is 37.3 Å². The maximum absolute atomic E-state index is 14.2. The van der Waals surface area contributed by atoms with Gasteiger partial charge in [-0.1, -0.05) is 99.1 Å². The Morgan fingerprint density at radius 3 is 1.82 bits per heavy atom. The van der Waals surface area contributed by atoms with Crippen molar-refractivity contribution in [3.63, 3.8) is 0 Å². The van der Waals surface area contributed by atoms with Gasteiger partial charge in [0.15, 0.2) is 11.5 Å². The zero-order valence-corrected chi connectivity index (χ0v) is 26.4. The van der Waals surface area contributed by atoms with E-state index >= 15 is 0 Å². The number of ether oxygens (including phenoxy) is 2. The molecule has 4 rings (SSSR count). The quantitative estimate of drug-likeness (QED) is 0.141. The van der Waals surface area contributed by atoms with Crippen LogP contribution < -0.4 is 9.47 Å². The number of benzene rings is 4. The van der Waals surface area contributed by atoms with Gasteiger partial charge in [-0.15, -0.1) is 0 Å². The van der Waals surface area contributed by atoms with Crippen LogP contribution in [0.5, 0.6) is 11.5 Å². The third-order valence-electron chi connectivity index (χ3n) is 7.81. The van der Waals surface area contributed by atoms with Gasteiger partial charge in [0.1, 0.15) is 0 Å². The second-order valence-electron chi connectivity index (χ2n) is 10.9. The summed E-state index contributed by atoms with van der Waals surface area (Å²) in [6.07, 6.45) is 3.35. The molecule has 0 fully saturated rings. The van der Waals surface area contributed by atoms with E-state index in [-0.39, 0.29) is 11.8 Å². The molecule has 2 amide bonds. The van der Waals surface area contributed by atoms with E-state index in [9.17, 15) is 9.59 Å². The predicted octanol–water partition coefficient (Wildman–Crippen LogP) is 7.91. The molecule has 0 heterocycles. The van der Waals surface area contributed by atoms with E-state index in [4.69, 9.17) is 9.47 Å². The number of methoxy groups -OCH3 is 2. The van der Waals surface area contributed by atoms with Gasteiger partial charge < -0.3 is 19.3 Å². The first-order chi connectivity index (χ1) is 21.5. The molecule has 230 valence electrons. The lowest BCUT2D eigenvalue weighted by Gasteiger charge is -2.26. The average molecular weight is 593 g/mol. The van der Waals surface area contributed by atoms with Crippen LogP contribution in [-0.2, 0) is 13.0 Å². The molecule has 0 aromatic heterocycles. The van der Waals surface area contributed by atoms with Gasteiger partial charge in [0.2, 0.25) is 0 Å². The Balaban J connectivity index is 1.65. The number of rotatable bonds is 15. The van der Waals surface area contributed by atoms with Crippen LogP contribution in [0.1, 0.15) is 65.0 Å². The SMILES string of the molecule is CCCCN(Cc1ccccc1)C(=O)c1ccccc1-c1ccccc1C(=O)N(CCC)CCc1cccc(OC)c1OC. The van der Waals surface area contributed by atoms with Gasteiger partial charge in [-0.2, -0.15) is 0 Å². The van der Waals surface area contributed by atoms with E-state index in [1.54, 1.807) is 14.2 Å². The summed E-state index contributed by atoms with van der Waals surface area (Å²) in [4.78, 5) is 32.2. The molecule has 0 aliphatic carbocycles. The van der Waals surface area contributed by atoms with Crippen molar-refractivity contribution >= 4 is 11.8 Å². The fraction of sp³-hybridized carbons (Fsp3) is 0.316. The maximum atomic E-state index is 14.2. The summed E-state index contributed by atoms with van der Waals surface area (Å²) < 4.78 is 11.1. The van der Waals surface area contributed by atoms with Crippen LogP contribution in [0.15, 0.2) is 97.1 Å². The maximum Gasteiger partial charge on any atom is 0.254 e. The standard InChI is InChI=1S/C38H44N2O4/c1-5-7-26-40(28-29-16-9-8-10-17-29)38(42)34-22-14-12-20-32(34)31-19-11-13-21-33(31)37(41)39(25-6-2)27-24-30-18-15-23-35(43-3)36(30)44-4/h8-23H,5-7,24-28H2,1-4H3. The van der Waals surface area contributed by atoms with Gasteiger partial charge in [-0.25, -0.2) is 0 Å². The highest BCUT2D eigenvalue weighted by Crippen LogP contribution is 2.32. The van der Waals surface area contributed by atoms with Gasteiger partial charge in [0.25, 0.3) is 11.8 Å². The first kappa shape index (κ1) is 32.3. The molecule has 0 spiro atoms. The molecule has 4 aromatic carbocycles. The molecule has 0 aliphatic rings. The molecular weight excluding hydrogens is 548 g/mol. The third kappa shape index (κ3) is 7.87. The third-order valence-corrected chi connectivity index (χ3v) is 7.81. The van der Waals surface area contributed by atoms with E-state index < -0.39 is 0 Å². The number of carbonyl (C=O) groups is 2. The fourth-order valence-electron chi connectivity index (χ4n) is 5.55. The first-order valence-electron chi connectivity index (χ1n) is 15.5. The Labute approximate surface area is 262 Å². The highest BCUT2D eigenvalue weighted by Gasteiger charge is 2.24. The smallest absolute Gasteiger partial charge is 0.254 e. The van der Waals surface area contributed by atoms with Gasteiger partial charge in [0.05, 0.1) is 14.2 Å². The van der Waals surface area contributed by atoms with Crippen LogP contribution in [0.3, 0.4) is 0 Å². The monoisotopic (exact) mass is 592 g/mol. The Kier molecular flexibility index (Phi) is 12.0. The minimum Gasteiger partial charge on any atom is -0.493 e. The van der Waals surface area contributed by atoms with Crippen molar-refractivity contribution in [3.05, 3.63) is 119 Å². The average Bonchev–Trinajstić information content (AvgIpc) is 3.08. The number of para-hydroxylation sites is 1. The molecule has 0 radical (unpaired) electrons. The van der Waals surface area contributed by atoms with E-state index in [0.29, 0.717) is 55.2 Å². The van der Waals surface area contributed by atoms with Crippen molar-refractivity contribution in [1.29, 1.82) is 0 Å². The van der Waals surface area contributed by atoms with Crippen LogP contribution >= 0.6 is 0 Å². The molecule has 0 bridgehead atoms. The van der Waals surface area contributed by atoms with Crippen LogP contribution in [0.4, 0.5) is 0 Å². The number of hydrogen-bond donors (Lipinski definition) is 0. The van der Waals surface area contributed by atoms with Crippen LogP contribution in [0, 0.1) is 0 Å². The predicted molar refractivity (Wildman–Crippen MR) is 177 cm³/mol. The highest BCUT2D eigenvalue weighted by molar-refractivity contribution is 6.06. The minimum absolute atomic E-state index is 0.0318. The summed E-state index contributed by atoms with van der Waals surface area (Å²) >= 11 is 0. The van der Waals surface area contributed by atoms with E-state index in [1.807, 2.05) is 94.7 Å². The summed E-state index contributed by atoms with van der Waals surface area (Å²) in [6.45, 7) is 6.54. The summed E-state index contributed by atoms with van der Waals surface area (Å²) in [7, 11) is 3.26. The zero-order chi connectivity index (χ0) is 31.3. The van der Waals surface area contributed by atoms with Gasteiger partial charge in [-0.05, 0) is 59.7 Å². The van der Waals surface area contributed by atoms with Crippen LogP contribution in [-0.4, -0.2) is 55.5 Å². The Bertz CT molecular complexity index is 1520. The molecule has 4 aromatic rings. The first-order valence-corrected chi connectivity index (χ1v) is 15.5. The largest absolute Gasteiger partial charge is 0.493 e. The molecule has 6 nitrogen and oxygen atoms in total. The fourth-order valence-corrected chi connectivity index (χ4v) is 5.55. The van der Waals surface area contributed by atoms with Crippen molar-refractivity contribution in [2.24, 2.45) is 0 Å². The lowest BCUT2D eigenvalue weighted by Crippen LogP contribution is -2.34. The molecule has 0 atom stereocenters. The zero-order valence-electron chi connectivity index (χ0n) is 26.4. The Morgan fingerprint density at radius 1 is 0.614 bits per heavy atom. The molecule has 0 saturated heterocycles. The summed E-state index contributed by atoms with van der Waals surface area (Å²) in [5.41, 5.74) is 4.78. The molecule has 0 N–H and O–H groups in total. The molecule has 6 heteroatoms. The summed E-state index contributed by atoms with van der Waals surface area (Å²) in [5, 5.41) is 0. The normalized spacial score (nSPS) is 10.7. The van der Waals surface area contributed by atoms with Crippen molar-refractivity contribution in [3.8, 4) is 22.6 Å². The van der Waals surface area contributed by atoms with Crippen molar-refractivity contribution in [1.82, 2.24) is 9.80 Å². The van der Waals surface area contributed by atoms with Crippen molar-refractivity contribution in [2.75, 3.05) is 33.9 Å². The highest BCUT2D eigenvalue weighted by atomic mass is 16.5. The number of hydrogen-bond acceptors (Lipinski definition) is 4. The number of carbonyl (C=O) groups excluding carboxylic acids is 2. The minimum atomic E-state index is -0.0568. The summed E-state index contributed by atoms with van der Waals surface area (Å²) in [6, 6.07) is 31.2. The second-order valence-corrected chi connectivity index (χ2v) is 10.9.